The number of carbonyl (C=O) groups is 1. The van der Waals surface area contributed by atoms with Crippen molar-refractivity contribution >= 4 is 5.97 Å². The fourth-order valence-corrected chi connectivity index (χ4v) is 1.19. The van der Waals surface area contributed by atoms with Gasteiger partial charge >= 0.3 is 5.97 Å². The van der Waals surface area contributed by atoms with Gasteiger partial charge in [0.2, 0.25) is 0 Å². The van der Waals surface area contributed by atoms with Crippen LogP contribution >= 0.6 is 0 Å². The maximum absolute atomic E-state index is 11.0. The molecule has 1 saturated heterocycles. The van der Waals surface area contributed by atoms with Crippen LogP contribution in [0.5, 0.6) is 0 Å². The molecule has 0 spiro atoms. The van der Waals surface area contributed by atoms with Crippen molar-refractivity contribution in [1.29, 1.82) is 0 Å². The molecule has 0 aromatic heterocycles. The third-order valence-corrected chi connectivity index (χ3v) is 2.03. The highest BCUT2D eigenvalue weighted by Crippen LogP contribution is 2.13. The van der Waals surface area contributed by atoms with E-state index >= 15 is 0 Å². The molecule has 0 amide bonds. The Balaban J connectivity index is 2.25. The second-order valence-corrected chi connectivity index (χ2v) is 3.18. The molecule has 0 aromatic rings. The molecule has 0 aliphatic carbocycles. The summed E-state index contributed by atoms with van der Waals surface area (Å²) in [4.78, 5) is 11.0. The molecule has 0 aromatic carbocycles. The van der Waals surface area contributed by atoms with Gasteiger partial charge in [-0.1, -0.05) is 13.3 Å². The number of rotatable bonds is 3. The molecule has 70 valence electrons. The minimum absolute atomic E-state index is 0.00588. The molecule has 3 nitrogen and oxygen atoms in total. The zero-order chi connectivity index (χ0) is 8.97. The highest BCUT2D eigenvalue weighted by molar-refractivity contribution is 5.74. The van der Waals surface area contributed by atoms with Gasteiger partial charge in [0.05, 0.1) is 6.61 Å². The summed E-state index contributed by atoms with van der Waals surface area (Å²) in [7, 11) is 0. The Labute approximate surface area is 73.0 Å². The van der Waals surface area contributed by atoms with E-state index in [-0.39, 0.29) is 18.2 Å². The van der Waals surface area contributed by atoms with Crippen molar-refractivity contribution in [2.75, 3.05) is 6.61 Å². The quantitative estimate of drug-likeness (QED) is 0.605. The molecular weight excluding hydrogens is 156 g/mol. The molecule has 0 bridgehead atoms. The third kappa shape index (κ3) is 2.48. The molecule has 1 rings (SSSR count). The van der Waals surface area contributed by atoms with Crippen LogP contribution in [0.25, 0.3) is 0 Å². The van der Waals surface area contributed by atoms with Gasteiger partial charge in [0.1, 0.15) is 6.10 Å². The lowest BCUT2D eigenvalue weighted by Gasteiger charge is -2.26. The Bertz CT molecular complexity index is 154. The Kier molecular flexibility index (Phi) is 3.53. The van der Waals surface area contributed by atoms with Crippen LogP contribution in [0, 0.1) is 0 Å². The molecule has 1 aliphatic rings. The number of carbonyl (C=O) groups excluding carboxylic acids is 1. The van der Waals surface area contributed by atoms with Gasteiger partial charge in [-0.05, 0) is 19.8 Å². The van der Waals surface area contributed by atoms with Gasteiger partial charge in [-0.15, -0.1) is 0 Å². The average Bonchev–Trinajstić information content (AvgIpc) is 2.07. The second kappa shape index (κ2) is 4.45. The van der Waals surface area contributed by atoms with Crippen molar-refractivity contribution in [1.82, 2.24) is 0 Å². The number of esters is 1. The van der Waals surface area contributed by atoms with Crippen LogP contribution in [0.15, 0.2) is 0 Å². The number of ether oxygens (including phenoxy) is 2. The molecule has 0 radical (unpaired) electrons. The van der Waals surface area contributed by atoms with E-state index in [0.717, 1.165) is 19.3 Å². The first kappa shape index (κ1) is 9.52. The average molecular weight is 172 g/mol. The molecule has 1 heterocycles. The number of cyclic esters (lactones) is 1. The number of hydrogen-bond donors (Lipinski definition) is 0. The maximum Gasteiger partial charge on any atom is 0.335 e. The van der Waals surface area contributed by atoms with Crippen LogP contribution < -0.4 is 0 Å². The minimum atomic E-state index is -0.372. The van der Waals surface area contributed by atoms with E-state index < -0.39 is 0 Å². The zero-order valence-corrected chi connectivity index (χ0v) is 7.71. The molecule has 1 aliphatic heterocycles. The molecule has 0 unspecified atom stereocenters. The van der Waals surface area contributed by atoms with Crippen molar-refractivity contribution in [2.24, 2.45) is 0 Å². The topological polar surface area (TPSA) is 35.5 Å². The van der Waals surface area contributed by atoms with Crippen LogP contribution in [0.1, 0.15) is 33.1 Å². The summed E-state index contributed by atoms with van der Waals surface area (Å²) in [6.07, 6.45) is 2.77. The first-order valence-electron chi connectivity index (χ1n) is 4.56. The molecule has 3 heteroatoms. The normalized spacial score (nSPS) is 30.0. The van der Waals surface area contributed by atoms with Gasteiger partial charge in [0.25, 0.3) is 0 Å². The predicted molar refractivity (Wildman–Crippen MR) is 44.8 cm³/mol. The SMILES string of the molecule is CCCC[C@H]1CO[C@@H](C)C(=O)O1. The summed E-state index contributed by atoms with van der Waals surface area (Å²) in [5, 5.41) is 0. The lowest BCUT2D eigenvalue weighted by atomic mass is 10.1. The lowest BCUT2D eigenvalue weighted by molar-refractivity contribution is -0.181. The Morgan fingerprint density at radius 3 is 2.92 bits per heavy atom. The van der Waals surface area contributed by atoms with Crippen LogP contribution in [0.3, 0.4) is 0 Å². The molecular formula is C9H16O3. The van der Waals surface area contributed by atoms with Crippen LogP contribution in [0.2, 0.25) is 0 Å². The van der Waals surface area contributed by atoms with Crippen molar-refractivity contribution < 1.29 is 14.3 Å². The van der Waals surface area contributed by atoms with Crippen molar-refractivity contribution in [3.63, 3.8) is 0 Å². The van der Waals surface area contributed by atoms with Gasteiger partial charge in [-0.3, -0.25) is 0 Å². The Morgan fingerprint density at radius 2 is 2.33 bits per heavy atom. The van der Waals surface area contributed by atoms with E-state index in [1.807, 2.05) is 0 Å². The van der Waals surface area contributed by atoms with Crippen molar-refractivity contribution in [3.05, 3.63) is 0 Å². The summed E-state index contributed by atoms with van der Waals surface area (Å²) < 4.78 is 10.4. The van der Waals surface area contributed by atoms with Gasteiger partial charge in [0.15, 0.2) is 6.10 Å². The fraction of sp³-hybridized carbons (Fsp3) is 0.889. The van der Waals surface area contributed by atoms with Gasteiger partial charge in [-0.2, -0.15) is 0 Å². The van der Waals surface area contributed by atoms with Gasteiger partial charge in [-0.25, -0.2) is 4.79 Å². The van der Waals surface area contributed by atoms with E-state index in [4.69, 9.17) is 9.47 Å². The third-order valence-electron chi connectivity index (χ3n) is 2.03. The van der Waals surface area contributed by atoms with Crippen LogP contribution in [-0.4, -0.2) is 24.8 Å². The van der Waals surface area contributed by atoms with Crippen LogP contribution in [-0.2, 0) is 14.3 Å². The Hall–Kier alpha value is -0.570. The summed E-state index contributed by atoms with van der Waals surface area (Å²) >= 11 is 0. The van der Waals surface area contributed by atoms with Crippen molar-refractivity contribution in [3.8, 4) is 0 Å². The van der Waals surface area contributed by atoms with E-state index in [2.05, 4.69) is 6.92 Å². The van der Waals surface area contributed by atoms with Gasteiger partial charge in [0, 0.05) is 0 Å². The fourth-order valence-electron chi connectivity index (χ4n) is 1.19. The summed E-state index contributed by atoms with van der Waals surface area (Å²) in [5.74, 6) is -0.220. The van der Waals surface area contributed by atoms with E-state index in [1.165, 1.54) is 0 Å². The first-order chi connectivity index (χ1) is 5.74. The zero-order valence-electron chi connectivity index (χ0n) is 7.71. The molecule has 0 saturated carbocycles. The monoisotopic (exact) mass is 172 g/mol. The second-order valence-electron chi connectivity index (χ2n) is 3.18. The highest BCUT2D eigenvalue weighted by Gasteiger charge is 2.26. The summed E-state index contributed by atoms with van der Waals surface area (Å²) in [6.45, 7) is 4.40. The van der Waals surface area contributed by atoms with Gasteiger partial charge < -0.3 is 9.47 Å². The summed E-state index contributed by atoms with van der Waals surface area (Å²) in [5.41, 5.74) is 0. The molecule has 0 N–H and O–H groups in total. The van der Waals surface area contributed by atoms with E-state index in [9.17, 15) is 4.79 Å². The highest BCUT2D eigenvalue weighted by atomic mass is 16.6. The largest absolute Gasteiger partial charge is 0.458 e. The standard InChI is InChI=1S/C9H16O3/c1-3-4-5-8-6-11-7(2)9(10)12-8/h7-8H,3-6H2,1-2H3/t7-,8-/m0/s1. The molecule has 1 fully saturated rings. The number of unbranched alkanes of at least 4 members (excludes halogenated alkanes) is 1. The predicted octanol–water partition coefficient (Wildman–Crippen LogP) is 1.51. The molecule has 2 atom stereocenters. The molecule has 12 heavy (non-hydrogen) atoms. The minimum Gasteiger partial charge on any atom is -0.458 e. The smallest absolute Gasteiger partial charge is 0.335 e. The maximum atomic E-state index is 11.0. The lowest BCUT2D eigenvalue weighted by Crippen LogP contribution is -2.38. The first-order valence-corrected chi connectivity index (χ1v) is 4.56. The number of hydrogen-bond acceptors (Lipinski definition) is 3. The van der Waals surface area contributed by atoms with Crippen molar-refractivity contribution in [2.45, 2.75) is 45.3 Å². The van der Waals surface area contributed by atoms with E-state index in [1.54, 1.807) is 6.92 Å². The van der Waals surface area contributed by atoms with Crippen LogP contribution in [0.4, 0.5) is 0 Å². The summed E-state index contributed by atoms with van der Waals surface area (Å²) in [6, 6.07) is 0. The van der Waals surface area contributed by atoms with E-state index in [0.29, 0.717) is 6.61 Å². The Morgan fingerprint density at radius 1 is 1.58 bits per heavy atom.